The number of hydrogen-bond acceptors (Lipinski definition) is 4. The lowest BCUT2D eigenvalue weighted by molar-refractivity contribution is 0.709. The van der Waals surface area contributed by atoms with Crippen LogP contribution < -0.4 is 5.56 Å². The molecule has 4 rings (SSSR count). The van der Waals surface area contributed by atoms with Crippen LogP contribution in [0.2, 0.25) is 0 Å². The lowest BCUT2D eigenvalue weighted by atomic mass is 10.1. The molecule has 7 heteroatoms. The van der Waals surface area contributed by atoms with Crippen LogP contribution in [0.4, 0.5) is 0 Å². The van der Waals surface area contributed by atoms with Gasteiger partial charge in [-0.25, -0.2) is 0 Å². The van der Waals surface area contributed by atoms with Gasteiger partial charge in [-0.2, -0.15) is 0 Å². The molecule has 0 saturated carbocycles. The van der Waals surface area contributed by atoms with Gasteiger partial charge < -0.3 is 9.55 Å². The molecule has 0 unspecified atom stereocenters. The third kappa shape index (κ3) is 3.30. The molecular weight excluding hydrogens is 406 g/mol. The van der Waals surface area contributed by atoms with E-state index < -0.39 is 0 Å². The monoisotopic (exact) mass is 425 g/mol. The SMILES string of the molecule is Cc1cccc(C)c1-n1c(=S)[nH]c2c(sc(=S)n2CCc2ccccc2)c1=O. The van der Waals surface area contributed by atoms with Crippen LogP contribution in [-0.4, -0.2) is 14.1 Å². The number of aryl methyl sites for hydroxylation is 4. The Hall–Kier alpha value is -2.35. The first-order valence-corrected chi connectivity index (χ1v) is 10.6. The highest BCUT2D eigenvalue weighted by Gasteiger charge is 2.16. The number of fused-ring (bicyclic) bond motifs is 1. The third-order valence-electron chi connectivity index (χ3n) is 4.85. The zero-order valence-corrected chi connectivity index (χ0v) is 18.0. The molecule has 2 aromatic heterocycles. The van der Waals surface area contributed by atoms with E-state index in [1.54, 1.807) is 4.57 Å². The largest absolute Gasteiger partial charge is 0.317 e. The van der Waals surface area contributed by atoms with Crippen molar-refractivity contribution in [1.82, 2.24) is 14.1 Å². The second kappa shape index (κ2) is 7.58. The number of aromatic amines is 1. The van der Waals surface area contributed by atoms with Crippen LogP contribution in [0.5, 0.6) is 0 Å². The number of aromatic nitrogens is 3. The van der Waals surface area contributed by atoms with Gasteiger partial charge in [0, 0.05) is 6.54 Å². The van der Waals surface area contributed by atoms with Crippen molar-refractivity contribution in [2.24, 2.45) is 0 Å². The number of hydrogen-bond donors (Lipinski definition) is 1. The van der Waals surface area contributed by atoms with Crippen molar-refractivity contribution in [3.63, 3.8) is 0 Å². The molecule has 28 heavy (non-hydrogen) atoms. The van der Waals surface area contributed by atoms with Crippen molar-refractivity contribution in [1.29, 1.82) is 0 Å². The topological polar surface area (TPSA) is 42.7 Å². The first-order chi connectivity index (χ1) is 13.5. The van der Waals surface area contributed by atoms with E-state index in [9.17, 15) is 4.79 Å². The Morgan fingerprint density at radius 3 is 2.36 bits per heavy atom. The maximum Gasteiger partial charge on any atom is 0.278 e. The predicted octanol–water partition coefficient (Wildman–Crippen LogP) is 5.50. The summed E-state index contributed by atoms with van der Waals surface area (Å²) in [4.78, 5) is 16.6. The third-order valence-corrected chi connectivity index (χ3v) is 6.57. The van der Waals surface area contributed by atoms with Gasteiger partial charge in [0.05, 0.1) is 5.69 Å². The summed E-state index contributed by atoms with van der Waals surface area (Å²) in [6.07, 6.45) is 0.835. The average Bonchev–Trinajstić information content (AvgIpc) is 2.98. The molecule has 0 fully saturated rings. The molecule has 142 valence electrons. The van der Waals surface area contributed by atoms with Gasteiger partial charge in [0.15, 0.2) is 8.73 Å². The maximum absolute atomic E-state index is 13.3. The number of H-pyrrole nitrogens is 1. The molecule has 0 spiro atoms. The Kier molecular flexibility index (Phi) is 5.14. The number of rotatable bonds is 4. The van der Waals surface area contributed by atoms with E-state index in [-0.39, 0.29) is 5.56 Å². The Morgan fingerprint density at radius 2 is 1.68 bits per heavy atom. The zero-order chi connectivity index (χ0) is 19.8. The summed E-state index contributed by atoms with van der Waals surface area (Å²) in [5.41, 5.74) is 4.67. The standard InChI is InChI=1S/C21H19N3OS3/c1-13-7-6-8-14(2)16(13)24-19(25)17-18(22-20(24)26)23(21(27)28-17)12-11-15-9-4-3-5-10-15/h3-10H,11-12H2,1-2H3,(H,22,26). The van der Waals surface area contributed by atoms with Crippen molar-refractivity contribution in [3.05, 3.63) is 84.3 Å². The van der Waals surface area contributed by atoms with Crippen molar-refractivity contribution < 1.29 is 0 Å². The summed E-state index contributed by atoms with van der Waals surface area (Å²) in [5, 5.41) is 0. The van der Waals surface area contributed by atoms with Gasteiger partial charge in [-0.15, -0.1) is 0 Å². The highest BCUT2D eigenvalue weighted by Crippen LogP contribution is 2.22. The summed E-state index contributed by atoms with van der Waals surface area (Å²) in [7, 11) is 0. The first-order valence-electron chi connectivity index (χ1n) is 8.96. The smallest absolute Gasteiger partial charge is 0.278 e. The van der Waals surface area contributed by atoms with Gasteiger partial charge in [0.1, 0.15) is 10.3 Å². The minimum absolute atomic E-state index is 0.120. The zero-order valence-electron chi connectivity index (χ0n) is 15.6. The van der Waals surface area contributed by atoms with Gasteiger partial charge in [-0.05, 0) is 61.4 Å². The van der Waals surface area contributed by atoms with Crippen LogP contribution in [0.25, 0.3) is 16.0 Å². The molecule has 4 aromatic rings. The molecule has 0 aliphatic rings. The average molecular weight is 426 g/mol. The molecule has 1 N–H and O–H groups in total. The van der Waals surface area contributed by atoms with Crippen LogP contribution in [0.1, 0.15) is 16.7 Å². The van der Waals surface area contributed by atoms with E-state index in [1.807, 2.05) is 54.8 Å². The lowest BCUT2D eigenvalue weighted by Gasteiger charge is -2.13. The summed E-state index contributed by atoms with van der Waals surface area (Å²) < 4.78 is 5.24. The number of nitrogens with one attached hydrogen (secondary N) is 1. The number of nitrogens with zero attached hydrogens (tertiary/aromatic N) is 2. The van der Waals surface area contributed by atoms with Gasteiger partial charge in [-0.3, -0.25) is 9.36 Å². The molecule has 0 saturated heterocycles. The number of benzene rings is 2. The molecular formula is C21H19N3OS3. The fourth-order valence-corrected chi connectivity index (χ4v) is 5.08. The highest BCUT2D eigenvalue weighted by molar-refractivity contribution is 7.73. The van der Waals surface area contributed by atoms with Gasteiger partial charge >= 0.3 is 0 Å². The molecule has 0 amide bonds. The molecule has 0 bridgehead atoms. The minimum atomic E-state index is -0.120. The first kappa shape index (κ1) is 19.0. The van der Waals surface area contributed by atoms with Crippen LogP contribution in [0.3, 0.4) is 0 Å². The Labute approximate surface area is 176 Å². The van der Waals surface area contributed by atoms with Crippen LogP contribution in [-0.2, 0) is 13.0 Å². The van der Waals surface area contributed by atoms with E-state index in [4.69, 9.17) is 24.4 Å². The molecule has 0 atom stereocenters. The van der Waals surface area contributed by atoms with Crippen molar-refractivity contribution in [2.75, 3.05) is 0 Å². The Morgan fingerprint density at radius 1 is 1.00 bits per heavy atom. The molecule has 0 aliphatic heterocycles. The minimum Gasteiger partial charge on any atom is -0.317 e. The quantitative estimate of drug-likeness (QED) is 0.439. The van der Waals surface area contributed by atoms with Gasteiger partial charge in [-0.1, -0.05) is 59.9 Å². The van der Waals surface area contributed by atoms with E-state index >= 15 is 0 Å². The normalized spacial score (nSPS) is 11.2. The summed E-state index contributed by atoms with van der Waals surface area (Å²) >= 11 is 12.5. The molecule has 0 aliphatic carbocycles. The van der Waals surface area contributed by atoms with E-state index in [0.29, 0.717) is 25.6 Å². The number of para-hydroxylation sites is 1. The van der Waals surface area contributed by atoms with Crippen LogP contribution in [0.15, 0.2) is 53.3 Å². The molecule has 2 heterocycles. The van der Waals surface area contributed by atoms with Gasteiger partial charge in [0.2, 0.25) is 0 Å². The fourth-order valence-electron chi connectivity index (χ4n) is 3.47. The summed E-state index contributed by atoms with van der Waals surface area (Å²) in [5.74, 6) is 0. The molecule has 4 nitrogen and oxygen atoms in total. The van der Waals surface area contributed by atoms with Crippen LogP contribution in [0, 0.1) is 22.6 Å². The molecule has 0 radical (unpaired) electrons. The maximum atomic E-state index is 13.3. The second-order valence-electron chi connectivity index (χ2n) is 6.74. The summed E-state index contributed by atoms with van der Waals surface area (Å²) in [6, 6.07) is 16.2. The number of thiazole rings is 1. The van der Waals surface area contributed by atoms with E-state index in [1.165, 1.54) is 16.9 Å². The summed E-state index contributed by atoms with van der Waals surface area (Å²) in [6.45, 7) is 4.67. The van der Waals surface area contributed by atoms with E-state index in [0.717, 1.165) is 23.2 Å². The van der Waals surface area contributed by atoms with Crippen molar-refractivity contribution in [3.8, 4) is 5.69 Å². The van der Waals surface area contributed by atoms with Crippen molar-refractivity contribution in [2.45, 2.75) is 26.8 Å². The van der Waals surface area contributed by atoms with E-state index in [2.05, 4.69) is 17.1 Å². The highest BCUT2D eigenvalue weighted by atomic mass is 32.1. The van der Waals surface area contributed by atoms with Crippen molar-refractivity contribution >= 4 is 46.1 Å². The Bertz CT molecular complexity index is 1320. The van der Waals surface area contributed by atoms with Crippen LogP contribution >= 0.6 is 35.8 Å². The molecule has 2 aromatic carbocycles. The Balaban J connectivity index is 1.87. The van der Waals surface area contributed by atoms with Gasteiger partial charge in [0.25, 0.3) is 5.56 Å². The predicted molar refractivity (Wildman–Crippen MR) is 121 cm³/mol. The fraction of sp³-hybridized carbons (Fsp3) is 0.190. The second-order valence-corrected chi connectivity index (χ2v) is 8.77. The lowest BCUT2D eigenvalue weighted by Crippen LogP contribution is -2.22.